The molecule has 4 rings (SSSR count). The maximum Gasteiger partial charge on any atom is 0.223 e. The Hall–Kier alpha value is -2.62. The van der Waals surface area contributed by atoms with Crippen molar-refractivity contribution in [2.45, 2.75) is 33.6 Å². The van der Waals surface area contributed by atoms with Crippen molar-refractivity contribution in [3.63, 3.8) is 0 Å². The number of carbonyl (C=O) groups is 1. The van der Waals surface area contributed by atoms with Crippen molar-refractivity contribution in [1.29, 1.82) is 0 Å². The predicted molar refractivity (Wildman–Crippen MR) is 143 cm³/mol. The molecule has 3 heterocycles. The Bertz CT molecular complexity index is 1160. The van der Waals surface area contributed by atoms with Crippen LogP contribution in [0.3, 0.4) is 0 Å². The van der Waals surface area contributed by atoms with Gasteiger partial charge in [0.2, 0.25) is 5.91 Å². The Morgan fingerprint density at radius 3 is 2.64 bits per heavy atom. The van der Waals surface area contributed by atoms with E-state index in [0.29, 0.717) is 13.0 Å². The van der Waals surface area contributed by atoms with Crippen molar-refractivity contribution in [2.75, 3.05) is 60.2 Å². The fraction of sp³-hybridized carbons (Fsp3) is 0.556. The van der Waals surface area contributed by atoms with E-state index < -0.39 is 0 Å². The summed E-state index contributed by atoms with van der Waals surface area (Å²) in [7, 11) is 3.32. The molecule has 2 aromatic heterocycles. The second-order valence-electron chi connectivity index (χ2n) is 10.4. The molecule has 1 saturated heterocycles. The van der Waals surface area contributed by atoms with Gasteiger partial charge in [0.1, 0.15) is 11.5 Å². The minimum absolute atomic E-state index is 0.0427. The Morgan fingerprint density at radius 1 is 1.17 bits per heavy atom. The van der Waals surface area contributed by atoms with Crippen LogP contribution in [0.2, 0.25) is 0 Å². The van der Waals surface area contributed by atoms with Crippen LogP contribution in [0.15, 0.2) is 29.8 Å². The Labute approximate surface area is 217 Å². The molecular formula is C27H38N4O4S. The van der Waals surface area contributed by atoms with Crippen LogP contribution in [0.5, 0.6) is 11.5 Å². The van der Waals surface area contributed by atoms with E-state index in [1.54, 1.807) is 25.6 Å². The standard InChI is InChI=1S/C27H38N4O4S/c1-27(2,3)17-25(32)30(11-10-29-12-14-35-15-13-29)9-8-20-19-36-26-28-23(18-31(20)26)22-16-21(33-4)6-7-24(22)34-5/h6-7,16,18-19H,8-15,17H2,1-5H3. The number of thiazole rings is 1. The number of methoxy groups -OCH3 is 2. The van der Waals surface area contributed by atoms with Crippen LogP contribution >= 0.6 is 11.3 Å². The number of hydrogen-bond acceptors (Lipinski definition) is 7. The number of nitrogens with zero attached hydrogens (tertiary/aromatic N) is 4. The number of amides is 1. The van der Waals surface area contributed by atoms with Gasteiger partial charge in [-0.3, -0.25) is 14.1 Å². The summed E-state index contributed by atoms with van der Waals surface area (Å²) in [6.07, 6.45) is 3.36. The fourth-order valence-electron chi connectivity index (χ4n) is 4.42. The summed E-state index contributed by atoms with van der Waals surface area (Å²) in [5.74, 6) is 1.73. The van der Waals surface area contributed by atoms with Crippen LogP contribution in [-0.4, -0.2) is 85.2 Å². The summed E-state index contributed by atoms with van der Waals surface area (Å²) in [6, 6.07) is 5.73. The molecule has 1 fully saturated rings. The zero-order valence-corrected chi connectivity index (χ0v) is 22.9. The van der Waals surface area contributed by atoms with E-state index in [1.807, 2.05) is 29.3 Å². The van der Waals surface area contributed by atoms with Crippen molar-refractivity contribution in [1.82, 2.24) is 19.2 Å². The number of aromatic nitrogens is 2. The average molecular weight is 515 g/mol. The highest BCUT2D eigenvalue weighted by atomic mass is 32.1. The van der Waals surface area contributed by atoms with Crippen molar-refractivity contribution in [2.24, 2.45) is 5.41 Å². The van der Waals surface area contributed by atoms with Gasteiger partial charge in [0.05, 0.1) is 33.1 Å². The molecule has 36 heavy (non-hydrogen) atoms. The van der Waals surface area contributed by atoms with Crippen LogP contribution in [0.1, 0.15) is 32.9 Å². The van der Waals surface area contributed by atoms with Crippen LogP contribution in [-0.2, 0) is 16.0 Å². The van der Waals surface area contributed by atoms with Gasteiger partial charge >= 0.3 is 0 Å². The molecule has 3 aromatic rings. The second kappa shape index (κ2) is 11.6. The number of fused-ring (bicyclic) bond motifs is 1. The number of rotatable bonds is 10. The lowest BCUT2D eigenvalue weighted by Crippen LogP contribution is -2.44. The molecular weight excluding hydrogens is 476 g/mol. The third-order valence-electron chi connectivity index (χ3n) is 6.43. The summed E-state index contributed by atoms with van der Waals surface area (Å²) in [5.41, 5.74) is 2.84. The first kappa shape index (κ1) is 26.4. The second-order valence-corrected chi connectivity index (χ2v) is 11.2. The molecule has 0 unspecified atom stereocenters. The number of morpholine rings is 1. The van der Waals surface area contributed by atoms with Gasteiger partial charge in [0.15, 0.2) is 4.96 Å². The Balaban J connectivity index is 1.50. The van der Waals surface area contributed by atoms with Crippen molar-refractivity contribution >= 4 is 22.2 Å². The molecule has 0 atom stereocenters. The molecule has 0 spiro atoms. The summed E-state index contributed by atoms with van der Waals surface area (Å²) < 4.78 is 18.6. The first-order valence-corrected chi connectivity index (χ1v) is 13.4. The zero-order chi connectivity index (χ0) is 25.7. The lowest BCUT2D eigenvalue weighted by Gasteiger charge is -2.31. The van der Waals surface area contributed by atoms with E-state index in [2.05, 4.69) is 35.5 Å². The lowest BCUT2D eigenvalue weighted by molar-refractivity contribution is -0.133. The minimum Gasteiger partial charge on any atom is -0.497 e. The summed E-state index contributed by atoms with van der Waals surface area (Å²) in [4.78, 5) is 23.4. The van der Waals surface area contributed by atoms with Crippen LogP contribution < -0.4 is 9.47 Å². The third kappa shape index (κ3) is 6.57. The first-order valence-electron chi connectivity index (χ1n) is 12.5. The molecule has 1 amide bonds. The highest BCUT2D eigenvalue weighted by Crippen LogP contribution is 2.34. The zero-order valence-electron chi connectivity index (χ0n) is 22.1. The van der Waals surface area contributed by atoms with Gasteiger partial charge in [-0.05, 0) is 23.6 Å². The maximum absolute atomic E-state index is 13.2. The fourth-order valence-corrected chi connectivity index (χ4v) is 5.32. The molecule has 0 aliphatic carbocycles. The van der Waals surface area contributed by atoms with E-state index in [0.717, 1.165) is 79.2 Å². The lowest BCUT2D eigenvalue weighted by atomic mass is 9.91. The number of hydrogen-bond donors (Lipinski definition) is 0. The van der Waals surface area contributed by atoms with E-state index in [1.165, 1.54) is 0 Å². The van der Waals surface area contributed by atoms with Crippen LogP contribution in [0.25, 0.3) is 16.2 Å². The molecule has 9 heteroatoms. The molecule has 196 valence electrons. The SMILES string of the molecule is COc1ccc(OC)c(-c2cn3c(CCN(CCN4CCOCC4)C(=O)CC(C)(C)C)csc3n2)c1. The van der Waals surface area contributed by atoms with Crippen molar-refractivity contribution < 1.29 is 19.0 Å². The summed E-state index contributed by atoms with van der Waals surface area (Å²) in [5, 5.41) is 2.14. The molecule has 0 bridgehead atoms. The van der Waals surface area contributed by atoms with Crippen LogP contribution in [0, 0.1) is 5.41 Å². The first-order chi connectivity index (χ1) is 17.3. The maximum atomic E-state index is 13.2. The van der Waals surface area contributed by atoms with Gasteiger partial charge in [-0.25, -0.2) is 4.98 Å². The summed E-state index contributed by atoms with van der Waals surface area (Å²) in [6.45, 7) is 12.0. The predicted octanol–water partition coefficient (Wildman–Crippen LogP) is 4.22. The molecule has 0 saturated carbocycles. The molecule has 1 aliphatic heterocycles. The molecule has 1 aromatic carbocycles. The third-order valence-corrected chi connectivity index (χ3v) is 7.32. The molecule has 0 N–H and O–H groups in total. The normalized spacial score (nSPS) is 14.8. The summed E-state index contributed by atoms with van der Waals surface area (Å²) >= 11 is 1.61. The van der Waals surface area contributed by atoms with Crippen molar-refractivity contribution in [3.05, 3.63) is 35.5 Å². The van der Waals surface area contributed by atoms with Gasteiger partial charge < -0.3 is 19.1 Å². The number of ether oxygens (including phenoxy) is 3. The van der Waals surface area contributed by atoms with Gasteiger partial charge in [-0.15, -0.1) is 11.3 Å². The Morgan fingerprint density at radius 2 is 1.94 bits per heavy atom. The quantitative estimate of drug-likeness (QED) is 0.404. The minimum atomic E-state index is -0.0427. The largest absolute Gasteiger partial charge is 0.497 e. The van der Waals surface area contributed by atoms with Crippen molar-refractivity contribution in [3.8, 4) is 22.8 Å². The van der Waals surface area contributed by atoms with E-state index in [-0.39, 0.29) is 11.3 Å². The van der Waals surface area contributed by atoms with Gasteiger partial charge in [-0.2, -0.15) is 0 Å². The monoisotopic (exact) mass is 514 g/mol. The molecule has 8 nitrogen and oxygen atoms in total. The van der Waals surface area contributed by atoms with Gasteiger partial charge in [0, 0.05) is 68.4 Å². The number of imidazole rings is 1. The topological polar surface area (TPSA) is 68.5 Å². The highest BCUT2D eigenvalue weighted by Gasteiger charge is 2.23. The Kier molecular flexibility index (Phi) is 8.54. The molecule has 0 radical (unpaired) electrons. The van der Waals surface area contributed by atoms with Crippen LogP contribution in [0.4, 0.5) is 0 Å². The van der Waals surface area contributed by atoms with E-state index in [9.17, 15) is 4.79 Å². The highest BCUT2D eigenvalue weighted by molar-refractivity contribution is 7.15. The number of benzene rings is 1. The van der Waals surface area contributed by atoms with Gasteiger partial charge in [0.25, 0.3) is 0 Å². The van der Waals surface area contributed by atoms with E-state index >= 15 is 0 Å². The van der Waals surface area contributed by atoms with E-state index in [4.69, 9.17) is 19.2 Å². The smallest absolute Gasteiger partial charge is 0.223 e. The average Bonchev–Trinajstić information content (AvgIpc) is 3.44. The number of carbonyl (C=O) groups excluding carboxylic acids is 1. The molecule has 1 aliphatic rings. The van der Waals surface area contributed by atoms with Gasteiger partial charge in [-0.1, -0.05) is 20.8 Å².